The van der Waals surface area contributed by atoms with E-state index in [2.05, 4.69) is 10.6 Å². The zero-order valence-electron chi connectivity index (χ0n) is 16.1. The van der Waals surface area contributed by atoms with Crippen LogP contribution in [0.4, 0.5) is 10.5 Å². The van der Waals surface area contributed by atoms with Gasteiger partial charge in [-0.2, -0.15) is 0 Å². The summed E-state index contributed by atoms with van der Waals surface area (Å²) in [5.74, 6) is -0.108. The Morgan fingerprint density at radius 3 is 2.29 bits per heavy atom. The molecule has 6 heteroatoms. The van der Waals surface area contributed by atoms with Crippen molar-refractivity contribution in [3.8, 4) is 0 Å². The van der Waals surface area contributed by atoms with E-state index in [0.29, 0.717) is 19.7 Å². The minimum atomic E-state index is -0.514. The molecule has 0 aromatic heterocycles. The van der Waals surface area contributed by atoms with Gasteiger partial charge < -0.3 is 20.3 Å². The SMILES string of the molecule is CC(OCc1ccccc1)C(=O)NC1CCN(C(=O)Nc2ccccc2)CC1. The molecule has 1 heterocycles. The standard InChI is InChI=1S/C22H27N3O3/c1-17(28-16-18-8-4-2-5-9-18)21(26)23-20-12-14-25(15-13-20)22(27)24-19-10-6-3-7-11-19/h2-11,17,20H,12-16H2,1H3,(H,23,26)(H,24,27). The van der Waals surface area contributed by atoms with E-state index in [1.54, 1.807) is 11.8 Å². The number of ether oxygens (including phenoxy) is 1. The van der Waals surface area contributed by atoms with E-state index in [0.717, 1.165) is 24.1 Å². The summed E-state index contributed by atoms with van der Waals surface area (Å²) in [5, 5.41) is 5.94. The number of amides is 3. The van der Waals surface area contributed by atoms with Crippen LogP contribution < -0.4 is 10.6 Å². The Balaban J connectivity index is 1.38. The highest BCUT2D eigenvalue weighted by molar-refractivity contribution is 5.89. The number of hydrogen-bond acceptors (Lipinski definition) is 3. The van der Waals surface area contributed by atoms with Gasteiger partial charge in [0.05, 0.1) is 6.61 Å². The van der Waals surface area contributed by atoms with E-state index in [-0.39, 0.29) is 18.0 Å². The molecule has 1 aliphatic rings. The summed E-state index contributed by atoms with van der Waals surface area (Å²) in [7, 11) is 0. The number of nitrogens with zero attached hydrogens (tertiary/aromatic N) is 1. The third-order valence-electron chi connectivity index (χ3n) is 4.87. The fourth-order valence-electron chi connectivity index (χ4n) is 3.14. The highest BCUT2D eigenvalue weighted by atomic mass is 16.5. The van der Waals surface area contributed by atoms with Crippen LogP contribution in [0.1, 0.15) is 25.3 Å². The van der Waals surface area contributed by atoms with Crippen LogP contribution in [0.25, 0.3) is 0 Å². The van der Waals surface area contributed by atoms with Gasteiger partial charge in [-0.3, -0.25) is 4.79 Å². The third-order valence-corrected chi connectivity index (χ3v) is 4.87. The first kappa shape index (κ1) is 19.9. The maximum Gasteiger partial charge on any atom is 0.321 e. The Labute approximate surface area is 165 Å². The molecule has 3 amide bonds. The summed E-state index contributed by atoms with van der Waals surface area (Å²) in [6.07, 6.45) is 0.957. The van der Waals surface area contributed by atoms with E-state index >= 15 is 0 Å². The first-order chi connectivity index (χ1) is 13.6. The zero-order chi connectivity index (χ0) is 19.8. The number of nitrogens with one attached hydrogen (secondary N) is 2. The van der Waals surface area contributed by atoms with Gasteiger partial charge in [0, 0.05) is 24.8 Å². The highest BCUT2D eigenvalue weighted by Gasteiger charge is 2.25. The van der Waals surface area contributed by atoms with Crippen LogP contribution in [0.3, 0.4) is 0 Å². The second kappa shape index (κ2) is 9.90. The van der Waals surface area contributed by atoms with Crippen LogP contribution in [0.2, 0.25) is 0 Å². The number of likely N-dealkylation sites (tertiary alicyclic amines) is 1. The van der Waals surface area contributed by atoms with Gasteiger partial charge in [0.15, 0.2) is 0 Å². The molecule has 0 bridgehead atoms. The summed E-state index contributed by atoms with van der Waals surface area (Å²) in [6.45, 7) is 3.40. The molecule has 2 aromatic rings. The highest BCUT2D eigenvalue weighted by Crippen LogP contribution is 2.14. The third kappa shape index (κ3) is 5.82. The fourth-order valence-corrected chi connectivity index (χ4v) is 3.14. The molecule has 0 saturated carbocycles. The lowest BCUT2D eigenvalue weighted by Crippen LogP contribution is -2.49. The molecule has 28 heavy (non-hydrogen) atoms. The molecule has 1 unspecified atom stereocenters. The van der Waals surface area contributed by atoms with Crippen LogP contribution in [-0.2, 0) is 16.1 Å². The molecule has 2 N–H and O–H groups in total. The van der Waals surface area contributed by atoms with E-state index in [9.17, 15) is 9.59 Å². The number of piperidine rings is 1. The molecular formula is C22H27N3O3. The van der Waals surface area contributed by atoms with Crippen molar-refractivity contribution in [3.05, 3.63) is 66.2 Å². The van der Waals surface area contributed by atoms with Crippen LogP contribution in [0.5, 0.6) is 0 Å². The quantitative estimate of drug-likeness (QED) is 0.806. The van der Waals surface area contributed by atoms with Crippen LogP contribution in [0, 0.1) is 0 Å². The van der Waals surface area contributed by atoms with Gasteiger partial charge in [-0.05, 0) is 37.5 Å². The molecule has 0 radical (unpaired) electrons. The van der Waals surface area contributed by atoms with Crippen molar-refractivity contribution in [2.24, 2.45) is 0 Å². The maximum atomic E-state index is 12.4. The van der Waals surface area contributed by atoms with Gasteiger partial charge in [-0.15, -0.1) is 0 Å². The number of urea groups is 1. The minimum Gasteiger partial charge on any atom is -0.364 e. The maximum absolute atomic E-state index is 12.4. The summed E-state index contributed by atoms with van der Waals surface area (Å²) in [5.41, 5.74) is 1.83. The van der Waals surface area contributed by atoms with Crippen molar-refractivity contribution >= 4 is 17.6 Å². The minimum absolute atomic E-state index is 0.0658. The smallest absolute Gasteiger partial charge is 0.321 e. The molecule has 2 aromatic carbocycles. The number of para-hydroxylation sites is 1. The van der Waals surface area contributed by atoms with Gasteiger partial charge in [-0.1, -0.05) is 48.5 Å². The van der Waals surface area contributed by atoms with Crippen molar-refractivity contribution < 1.29 is 14.3 Å². The average Bonchev–Trinajstić information content (AvgIpc) is 2.74. The molecule has 1 atom stereocenters. The van der Waals surface area contributed by atoms with Crippen LogP contribution in [0.15, 0.2) is 60.7 Å². The van der Waals surface area contributed by atoms with Gasteiger partial charge in [0.1, 0.15) is 6.10 Å². The van der Waals surface area contributed by atoms with Gasteiger partial charge in [-0.25, -0.2) is 4.79 Å². The topological polar surface area (TPSA) is 70.7 Å². The van der Waals surface area contributed by atoms with E-state index in [1.807, 2.05) is 60.7 Å². The molecule has 6 nitrogen and oxygen atoms in total. The normalized spacial score (nSPS) is 15.7. The predicted octanol–water partition coefficient (Wildman–Crippen LogP) is 3.40. The van der Waals surface area contributed by atoms with Gasteiger partial charge in [0.2, 0.25) is 5.91 Å². The Kier molecular flexibility index (Phi) is 7.03. The van der Waals surface area contributed by atoms with Gasteiger partial charge in [0.25, 0.3) is 0 Å². The lowest BCUT2D eigenvalue weighted by Gasteiger charge is -2.32. The molecule has 0 aliphatic carbocycles. The molecule has 1 saturated heterocycles. The molecule has 148 valence electrons. The van der Waals surface area contributed by atoms with Crippen LogP contribution >= 0.6 is 0 Å². The summed E-state index contributed by atoms with van der Waals surface area (Å²) in [6, 6.07) is 19.2. The van der Waals surface area contributed by atoms with E-state index < -0.39 is 6.10 Å². The molecule has 0 spiro atoms. The first-order valence-corrected chi connectivity index (χ1v) is 9.68. The van der Waals surface area contributed by atoms with Crippen molar-refractivity contribution in [1.82, 2.24) is 10.2 Å². The lowest BCUT2D eigenvalue weighted by molar-refractivity contribution is -0.133. The monoisotopic (exact) mass is 381 g/mol. The average molecular weight is 381 g/mol. The Morgan fingerprint density at radius 2 is 1.64 bits per heavy atom. The van der Waals surface area contributed by atoms with Crippen molar-refractivity contribution in [2.75, 3.05) is 18.4 Å². The second-order valence-electron chi connectivity index (χ2n) is 7.00. The van der Waals surface area contributed by atoms with Gasteiger partial charge >= 0.3 is 6.03 Å². The summed E-state index contributed by atoms with van der Waals surface area (Å²) in [4.78, 5) is 26.5. The number of anilines is 1. The Bertz CT molecular complexity index is 759. The fraction of sp³-hybridized carbons (Fsp3) is 0.364. The Morgan fingerprint density at radius 1 is 1.04 bits per heavy atom. The predicted molar refractivity (Wildman–Crippen MR) is 109 cm³/mol. The number of carbonyl (C=O) groups is 2. The number of carbonyl (C=O) groups excluding carboxylic acids is 2. The van der Waals surface area contributed by atoms with Crippen molar-refractivity contribution in [2.45, 2.75) is 38.5 Å². The number of rotatable bonds is 6. The molecule has 1 aliphatic heterocycles. The zero-order valence-corrected chi connectivity index (χ0v) is 16.1. The van der Waals surface area contributed by atoms with Crippen molar-refractivity contribution in [3.63, 3.8) is 0 Å². The Hall–Kier alpha value is -2.86. The molecular weight excluding hydrogens is 354 g/mol. The van der Waals surface area contributed by atoms with E-state index in [1.165, 1.54) is 0 Å². The molecule has 1 fully saturated rings. The summed E-state index contributed by atoms with van der Waals surface area (Å²) >= 11 is 0. The van der Waals surface area contributed by atoms with Crippen molar-refractivity contribution in [1.29, 1.82) is 0 Å². The first-order valence-electron chi connectivity index (χ1n) is 9.68. The summed E-state index contributed by atoms with van der Waals surface area (Å²) < 4.78 is 5.67. The number of benzene rings is 2. The number of hydrogen-bond donors (Lipinski definition) is 2. The van der Waals surface area contributed by atoms with Crippen LogP contribution in [-0.4, -0.2) is 42.1 Å². The largest absolute Gasteiger partial charge is 0.364 e. The molecule has 3 rings (SSSR count). The van der Waals surface area contributed by atoms with E-state index in [4.69, 9.17) is 4.74 Å². The second-order valence-corrected chi connectivity index (χ2v) is 7.00. The lowest BCUT2D eigenvalue weighted by atomic mass is 10.1.